The van der Waals surface area contributed by atoms with Gasteiger partial charge in [-0.05, 0) is 31.4 Å². The van der Waals surface area contributed by atoms with E-state index in [2.05, 4.69) is 26.3 Å². The molecule has 1 aliphatic rings. The number of benzene rings is 1. The number of alkyl halides is 2. The number of hydrogen-bond donors (Lipinski definition) is 1. The van der Waals surface area contributed by atoms with E-state index in [-0.39, 0.29) is 12.1 Å². The molecule has 0 unspecified atom stereocenters. The van der Waals surface area contributed by atoms with Crippen LogP contribution in [0.15, 0.2) is 30.6 Å². The Hall–Kier alpha value is -3.21. The predicted octanol–water partition coefficient (Wildman–Crippen LogP) is 5.78. The molecule has 2 heterocycles. The van der Waals surface area contributed by atoms with Crippen LogP contribution in [0.25, 0.3) is 11.0 Å². The molecular formula is C24H24F3N5. The minimum atomic E-state index is -3.33. The van der Waals surface area contributed by atoms with Gasteiger partial charge in [0.15, 0.2) is 5.65 Å². The van der Waals surface area contributed by atoms with Crippen molar-refractivity contribution >= 4 is 16.9 Å². The number of pyridine rings is 1. The van der Waals surface area contributed by atoms with Gasteiger partial charge in [-0.1, -0.05) is 39.0 Å². The minimum absolute atomic E-state index is 0.0430. The highest BCUT2D eigenvalue weighted by Gasteiger charge is 2.47. The van der Waals surface area contributed by atoms with Crippen molar-refractivity contribution in [3.8, 4) is 6.07 Å². The summed E-state index contributed by atoms with van der Waals surface area (Å²) < 4.78 is 44.6. The van der Waals surface area contributed by atoms with Gasteiger partial charge in [-0.2, -0.15) is 5.26 Å². The Bertz CT molecular complexity index is 1240. The zero-order valence-electron chi connectivity index (χ0n) is 18.4. The molecule has 1 aliphatic carbocycles. The van der Waals surface area contributed by atoms with Gasteiger partial charge < -0.3 is 5.32 Å². The van der Waals surface area contributed by atoms with E-state index in [1.165, 1.54) is 39.2 Å². The van der Waals surface area contributed by atoms with Crippen LogP contribution in [0.3, 0.4) is 0 Å². The highest BCUT2D eigenvalue weighted by molar-refractivity contribution is 5.87. The fraction of sp³-hybridized carbons (Fsp3) is 0.417. The molecule has 8 heteroatoms. The molecule has 0 atom stereocenters. The van der Waals surface area contributed by atoms with Crippen LogP contribution < -0.4 is 5.32 Å². The summed E-state index contributed by atoms with van der Waals surface area (Å²) in [6.45, 7) is 5.94. The molecule has 4 rings (SSSR count). The zero-order chi connectivity index (χ0) is 23.3. The van der Waals surface area contributed by atoms with Crippen molar-refractivity contribution in [3.05, 3.63) is 58.8 Å². The molecular weight excluding hydrogens is 415 g/mol. The van der Waals surface area contributed by atoms with Gasteiger partial charge in [0.1, 0.15) is 18.0 Å². The van der Waals surface area contributed by atoms with E-state index in [4.69, 9.17) is 0 Å². The maximum atomic E-state index is 15.0. The third kappa shape index (κ3) is 3.56. The molecule has 1 saturated carbocycles. The van der Waals surface area contributed by atoms with Crippen LogP contribution >= 0.6 is 0 Å². The van der Waals surface area contributed by atoms with E-state index in [1.807, 2.05) is 13.0 Å². The first kappa shape index (κ1) is 22.0. The van der Waals surface area contributed by atoms with E-state index in [0.29, 0.717) is 16.9 Å². The molecule has 0 saturated heterocycles. The van der Waals surface area contributed by atoms with Crippen molar-refractivity contribution in [1.29, 1.82) is 5.26 Å². The summed E-state index contributed by atoms with van der Waals surface area (Å²) in [6.07, 6.45) is 2.89. The summed E-state index contributed by atoms with van der Waals surface area (Å²) in [6, 6.07) is 8.25. The SMILES string of the molecule is Cc1nc2ncnc(NCc3cccc(C(F)(F)C(C)(C)C)c3F)c2cc1C1(C#N)CC1. The van der Waals surface area contributed by atoms with Crippen LogP contribution in [-0.2, 0) is 17.9 Å². The molecule has 5 nitrogen and oxygen atoms in total. The van der Waals surface area contributed by atoms with Crippen molar-refractivity contribution in [2.45, 2.75) is 58.4 Å². The molecule has 0 radical (unpaired) electrons. The van der Waals surface area contributed by atoms with Crippen LogP contribution in [0.4, 0.5) is 19.0 Å². The smallest absolute Gasteiger partial charge is 0.280 e. The number of aryl methyl sites for hydroxylation is 1. The van der Waals surface area contributed by atoms with E-state index < -0.39 is 28.1 Å². The molecule has 166 valence electrons. The lowest BCUT2D eigenvalue weighted by molar-refractivity contribution is -0.107. The molecule has 0 bridgehead atoms. The summed E-state index contributed by atoms with van der Waals surface area (Å²) in [7, 11) is 0. The first-order valence-electron chi connectivity index (χ1n) is 10.4. The van der Waals surface area contributed by atoms with Gasteiger partial charge in [-0.3, -0.25) is 0 Å². The molecule has 1 N–H and O–H groups in total. The number of halogens is 3. The second kappa shape index (κ2) is 7.44. The first-order chi connectivity index (χ1) is 15.0. The maximum absolute atomic E-state index is 15.0. The molecule has 0 aliphatic heterocycles. The minimum Gasteiger partial charge on any atom is -0.365 e. The summed E-state index contributed by atoms with van der Waals surface area (Å²) in [5, 5.41) is 13.2. The van der Waals surface area contributed by atoms with Crippen molar-refractivity contribution in [2.75, 3.05) is 5.32 Å². The van der Waals surface area contributed by atoms with E-state index in [0.717, 1.165) is 30.2 Å². The first-order valence-corrected chi connectivity index (χ1v) is 10.4. The van der Waals surface area contributed by atoms with Crippen LogP contribution in [0, 0.1) is 29.5 Å². The quantitative estimate of drug-likeness (QED) is 0.546. The molecule has 2 aromatic heterocycles. The lowest BCUT2D eigenvalue weighted by atomic mass is 9.83. The number of nitrogens with one attached hydrogen (secondary N) is 1. The number of nitrogens with zero attached hydrogens (tertiary/aromatic N) is 4. The number of fused-ring (bicyclic) bond motifs is 1. The number of anilines is 1. The Labute approximate surface area is 184 Å². The summed E-state index contributed by atoms with van der Waals surface area (Å²) in [4.78, 5) is 13.0. The Morgan fingerprint density at radius 2 is 1.91 bits per heavy atom. The van der Waals surface area contributed by atoms with Crippen molar-refractivity contribution in [3.63, 3.8) is 0 Å². The molecule has 1 aromatic carbocycles. The van der Waals surface area contributed by atoms with Gasteiger partial charge in [-0.25, -0.2) is 28.1 Å². The van der Waals surface area contributed by atoms with Crippen LogP contribution in [-0.4, -0.2) is 15.0 Å². The number of hydrogen-bond acceptors (Lipinski definition) is 5. The Balaban J connectivity index is 1.68. The van der Waals surface area contributed by atoms with Gasteiger partial charge in [-0.15, -0.1) is 0 Å². The number of nitriles is 1. The van der Waals surface area contributed by atoms with Crippen LogP contribution in [0.1, 0.15) is 56.0 Å². The number of aromatic nitrogens is 3. The third-order valence-corrected chi connectivity index (χ3v) is 6.10. The van der Waals surface area contributed by atoms with Crippen LogP contribution in [0.5, 0.6) is 0 Å². The maximum Gasteiger partial charge on any atom is 0.280 e. The van der Waals surface area contributed by atoms with Crippen molar-refractivity contribution < 1.29 is 13.2 Å². The third-order valence-electron chi connectivity index (χ3n) is 6.10. The number of rotatable bonds is 5. The fourth-order valence-electron chi connectivity index (χ4n) is 3.81. The highest BCUT2D eigenvalue weighted by Crippen LogP contribution is 2.49. The summed E-state index contributed by atoms with van der Waals surface area (Å²) >= 11 is 0. The zero-order valence-corrected chi connectivity index (χ0v) is 18.4. The monoisotopic (exact) mass is 439 g/mol. The molecule has 32 heavy (non-hydrogen) atoms. The summed E-state index contributed by atoms with van der Waals surface area (Å²) in [5.41, 5.74) is -0.450. The molecule has 0 amide bonds. The Kier molecular flexibility index (Phi) is 5.11. The second-order valence-corrected chi connectivity index (χ2v) is 9.37. The normalized spacial score (nSPS) is 15.4. The van der Waals surface area contributed by atoms with Gasteiger partial charge in [0, 0.05) is 23.2 Å². The van der Waals surface area contributed by atoms with Gasteiger partial charge in [0.25, 0.3) is 5.92 Å². The topological polar surface area (TPSA) is 74.5 Å². The fourth-order valence-corrected chi connectivity index (χ4v) is 3.81. The van der Waals surface area contributed by atoms with Crippen molar-refractivity contribution in [1.82, 2.24) is 15.0 Å². The highest BCUT2D eigenvalue weighted by atomic mass is 19.3. The van der Waals surface area contributed by atoms with Gasteiger partial charge in [0.05, 0.1) is 22.4 Å². The van der Waals surface area contributed by atoms with E-state index in [9.17, 15) is 14.0 Å². The van der Waals surface area contributed by atoms with E-state index in [1.54, 1.807) is 0 Å². The lowest BCUT2D eigenvalue weighted by Gasteiger charge is -2.31. The van der Waals surface area contributed by atoms with Gasteiger partial charge in [0.2, 0.25) is 0 Å². The molecule has 1 fully saturated rings. The largest absolute Gasteiger partial charge is 0.365 e. The Morgan fingerprint density at radius 1 is 1.19 bits per heavy atom. The molecule has 0 spiro atoms. The standard InChI is InChI=1S/C24H24F3N5/c1-14-18(23(12-28)8-9-23)10-16-20(30-13-31-21(16)32-14)29-11-15-6-5-7-17(19(15)25)24(26,27)22(2,3)4/h5-7,10,13H,8-9,11H2,1-4H3,(H,29,30,31,32). The van der Waals surface area contributed by atoms with Gasteiger partial charge >= 0.3 is 0 Å². The summed E-state index contributed by atoms with van der Waals surface area (Å²) in [5.74, 6) is -3.86. The average molecular weight is 439 g/mol. The van der Waals surface area contributed by atoms with Crippen LogP contribution in [0.2, 0.25) is 0 Å². The van der Waals surface area contributed by atoms with E-state index >= 15 is 4.39 Å². The Morgan fingerprint density at radius 3 is 2.53 bits per heavy atom. The predicted molar refractivity (Wildman–Crippen MR) is 116 cm³/mol. The second-order valence-electron chi connectivity index (χ2n) is 9.37. The van der Waals surface area contributed by atoms with Crippen molar-refractivity contribution in [2.24, 2.45) is 5.41 Å². The average Bonchev–Trinajstić information content (AvgIpc) is 3.52. The molecule has 3 aromatic rings. The lowest BCUT2D eigenvalue weighted by Crippen LogP contribution is -2.32.